The van der Waals surface area contributed by atoms with Crippen molar-refractivity contribution in [2.75, 3.05) is 6.54 Å². The Kier molecular flexibility index (Phi) is 5.52. The van der Waals surface area contributed by atoms with Crippen LogP contribution in [-0.2, 0) is 16.4 Å². The quantitative estimate of drug-likeness (QED) is 0.869. The van der Waals surface area contributed by atoms with Crippen LogP contribution in [-0.4, -0.2) is 15.0 Å². The molecule has 1 atom stereocenters. The first-order valence-corrected chi connectivity index (χ1v) is 7.80. The Balaban J connectivity index is 2.75. The molecule has 0 aromatic heterocycles. The predicted octanol–water partition coefficient (Wildman–Crippen LogP) is 2.32. The van der Waals surface area contributed by atoms with E-state index in [0.717, 1.165) is 5.56 Å². The van der Waals surface area contributed by atoms with Gasteiger partial charge in [-0.3, -0.25) is 0 Å². The van der Waals surface area contributed by atoms with Crippen LogP contribution in [0.25, 0.3) is 0 Å². The number of benzene rings is 1. The summed E-state index contributed by atoms with van der Waals surface area (Å²) in [5.41, 5.74) is 0.817. The van der Waals surface area contributed by atoms with Crippen molar-refractivity contribution < 1.29 is 8.42 Å². The molecule has 1 N–H and O–H groups in total. The fourth-order valence-electron chi connectivity index (χ4n) is 1.44. The maximum Gasteiger partial charge on any atom is 0.240 e. The van der Waals surface area contributed by atoms with Crippen LogP contribution >= 0.6 is 0 Å². The molecule has 1 aromatic rings. The topological polar surface area (TPSA) is 70.0 Å². The molecule has 1 unspecified atom stereocenters. The molecule has 0 saturated heterocycles. The van der Waals surface area contributed by atoms with Crippen molar-refractivity contribution in [2.45, 2.75) is 32.1 Å². The first kappa shape index (κ1) is 15.7. The van der Waals surface area contributed by atoms with Crippen LogP contribution in [0.1, 0.15) is 26.3 Å². The van der Waals surface area contributed by atoms with Gasteiger partial charge in [-0.1, -0.05) is 32.9 Å². The summed E-state index contributed by atoms with van der Waals surface area (Å²) in [6, 6.07) is 8.44. The van der Waals surface area contributed by atoms with Gasteiger partial charge in [-0.2, -0.15) is 5.26 Å². The van der Waals surface area contributed by atoms with Crippen LogP contribution in [0.4, 0.5) is 0 Å². The molecule has 4 nitrogen and oxygen atoms in total. The summed E-state index contributed by atoms with van der Waals surface area (Å²) in [5, 5.41) is 8.57. The standard InChI is InChI=1S/C14H20N2O2S/c1-11(2)12(3)10-16-19(17,18)14-6-4-13(5-7-14)8-9-15/h4-7,11-12,16H,8,10H2,1-3H3. The second-order valence-electron chi connectivity index (χ2n) is 5.05. The molecular weight excluding hydrogens is 260 g/mol. The molecule has 0 aliphatic heterocycles. The lowest BCUT2D eigenvalue weighted by molar-refractivity contribution is 0.414. The number of sulfonamides is 1. The summed E-state index contributed by atoms with van der Waals surface area (Å²) in [6.07, 6.45) is 0.290. The van der Waals surface area contributed by atoms with Gasteiger partial charge in [0, 0.05) is 6.54 Å². The molecule has 1 aromatic carbocycles. The van der Waals surface area contributed by atoms with E-state index in [1.54, 1.807) is 12.1 Å². The molecule has 0 radical (unpaired) electrons. The first-order chi connectivity index (χ1) is 8.86. The van der Waals surface area contributed by atoms with Gasteiger partial charge < -0.3 is 0 Å². The average molecular weight is 280 g/mol. The number of nitriles is 1. The third kappa shape index (κ3) is 4.66. The SMILES string of the molecule is CC(C)C(C)CNS(=O)(=O)c1ccc(CC#N)cc1. The van der Waals surface area contributed by atoms with E-state index >= 15 is 0 Å². The largest absolute Gasteiger partial charge is 0.240 e. The molecule has 0 aliphatic carbocycles. The predicted molar refractivity (Wildman–Crippen MR) is 74.9 cm³/mol. The fourth-order valence-corrected chi connectivity index (χ4v) is 2.58. The minimum atomic E-state index is -3.45. The summed E-state index contributed by atoms with van der Waals surface area (Å²) >= 11 is 0. The van der Waals surface area contributed by atoms with Crippen molar-refractivity contribution in [3.8, 4) is 6.07 Å². The van der Waals surface area contributed by atoms with Crippen LogP contribution in [0.2, 0.25) is 0 Å². The van der Waals surface area contributed by atoms with E-state index < -0.39 is 10.0 Å². The highest BCUT2D eigenvalue weighted by Crippen LogP contribution is 2.13. The first-order valence-electron chi connectivity index (χ1n) is 6.32. The van der Waals surface area contributed by atoms with Crippen LogP contribution in [0.3, 0.4) is 0 Å². The molecule has 0 aliphatic rings. The molecule has 0 amide bonds. The van der Waals surface area contributed by atoms with E-state index in [2.05, 4.69) is 18.6 Å². The van der Waals surface area contributed by atoms with Crippen molar-refractivity contribution in [1.29, 1.82) is 5.26 Å². The monoisotopic (exact) mass is 280 g/mol. The zero-order chi connectivity index (χ0) is 14.5. The summed E-state index contributed by atoms with van der Waals surface area (Å²) < 4.78 is 26.7. The fraction of sp³-hybridized carbons (Fsp3) is 0.500. The molecule has 0 bridgehead atoms. The maximum atomic E-state index is 12.1. The summed E-state index contributed by atoms with van der Waals surface area (Å²) in [5.74, 6) is 0.716. The molecule has 0 saturated carbocycles. The lowest BCUT2D eigenvalue weighted by Crippen LogP contribution is -2.30. The van der Waals surface area contributed by atoms with Gasteiger partial charge in [0.15, 0.2) is 0 Å². The molecule has 0 heterocycles. The molecule has 0 fully saturated rings. The van der Waals surface area contributed by atoms with Crippen LogP contribution in [0.5, 0.6) is 0 Å². The Morgan fingerprint density at radius 2 is 1.79 bits per heavy atom. The molecule has 104 valence electrons. The number of hydrogen-bond acceptors (Lipinski definition) is 3. The Bertz CT molecular complexity index is 542. The average Bonchev–Trinajstić information content (AvgIpc) is 2.37. The Morgan fingerprint density at radius 3 is 2.26 bits per heavy atom. The maximum absolute atomic E-state index is 12.1. The van der Waals surface area contributed by atoms with Gasteiger partial charge in [0.25, 0.3) is 0 Å². The van der Waals surface area contributed by atoms with E-state index in [1.165, 1.54) is 12.1 Å². The molecule has 5 heteroatoms. The number of nitrogens with zero attached hydrogens (tertiary/aromatic N) is 1. The van der Waals surface area contributed by atoms with Gasteiger partial charge in [0.05, 0.1) is 17.4 Å². The van der Waals surface area contributed by atoms with Gasteiger partial charge >= 0.3 is 0 Å². The van der Waals surface area contributed by atoms with Gasteiger partial charge in [0.1, 0.15) is 0 Å². The van der Waals surface area contributed by atoms with Gasteiger partial charge in [-0.25, -0.2) is 13.1 Å². The van der Waals surface area contributed by atoms with E-state index in [0.29, 0.717) is 12.5 Å². The van der Waals surface area contributed by atoms with E-state index in [4.69, 9.17) is 5.26 Å². The second-order valence-corrected chi connectivity index (χ2v) is 6.82. The summed E-state index contributed by atoms with van der Waals surface area (Å²) in [4.78, 5) is 0.241. The third-order valence-corrected chi connectivity index (χ3v) is 4.69. The van der Waals surface area contributed by atoms with E-state index in [9.17, 15) is 8.42 Å². The highest BCUT2D eigenvalue weighted by Gasteiger charge is 2.16. The Labute approximate surface area is 115 Å². The van der Waals surface area contributed by atoms with Crippen LogP contribution in [0, 0.1) is 23.2 Å². The number of nitrogens with one attached hydrogen (secondary N) is 1. The number of rotatable bonds is 6. The van der Waals surface area contributed by atoms with Crippen molar-refractivity contribution in [2.24, 2.45) is 11.8 Å². The Morgan fingerprint density at radius 1 is 1.21 bits per heavy atom. The lowest BCUT2D eigenvalue weighted by atomic mass is 9.99. The van der Waals surface area contributed by atoms with Crippen molar-refractivity contribution >= 4 is 10.0 Å². The highest BCUT2D eigenvalue weighted by molar-refractivity contribution is 7.89. The summed E-state index contributed by atoms with van der Waals surface area (Å²) in [7, 11) is -3.45. The van der Waals surface area contributed by atoms with Crippen molar-refractivity contribution in [1.82, 2.24) is 4.72 Å². The normalized spacial score (nSPS) is 13.2. The Hall–Kier alpha value is -1.38. The van der Waals surface area contributed by atoms with Crippen molar-refractivity contribution in [3.05, 3.63) is 29.8 Å². The van der Waals surface area contributed by atoms with E-state index in [-0.39, 0.29) is 17.2 Å². The highest BCUT2D eigenvalue weighted by atomic mass is 32.2. The molecule has 1 rings (SSSR count). The molecule has 0 spiro atoms. The van der Waals surface area contributed by atoms with Gasteiger partial charge in [0.2, 0.25) is 10.0 Å². The zero-order valence-electron chi connectivity index (χ0n) is 11.6. The zero-order valence-corrected chi connectivity index (χ0v) is 12.4. The van der Waals surface area contributed by atoms with Crippen LogP contribution in [0.15, 0.2) is 29.2 Å². The minimum absolute atomic E-state index is 0.241. The van der Waals surface area contributed by atoms with E-state index in [1.807, 2.05) is 13.0 Å². The number of hydrogen-bond donors (Lipinski definition) is 1. The molecular formula is C14H20N2O2S. The smallest absolute Gasteiger partial charge is 0.211 e. The van der Waals surface area contributed by atoms with Gasteiger partial charge in [-0.15, -0.1) is 0 Å². The lowest BCUT2D eigenvalue weighted by Gasteiger charge is -2.16. The van der Waals surface area contributed by atoms with Crippen LogP contribution < -0.4 is 4.72 Å². The minimum Gasteiger partial charge on any atom is -0.211 e. The second kappa shape index (κ2) is 6.69. The summed E-state index contributed by atoms with van der Waals surface area (Å²) in [6.45, 7) is 6.58. The third-order valence-electron chi connectivity index (χ3n) is 3.25. The molecule has 19 heavy (non-hydrogen) atoms. The van der Waals surface area contributed by atoms with Crippen molar-refractivity contribution in [3.63, 3.8) is 0 Å². The van der Waals surface area contributed by atoms with Gasteiger partial charge in [-0.05, 0) is 29.5 Å².